The lowest BCUT2D eigenvalue weighted by molar-refractivity contribution is -0.147. The summed E-state index contributed by atoms with van der Waals surface area (Å²) in [5, 5.41) is 5.84. The Balaban J connectivity index is 1.86. The second-order valence-corrected chi connectivity index (χ2v) is 5.65. The summed E-state index contributed by atoms with van der Waals surface area (Å²) in [7, 11) is 0. The van der Waals surface area contributed by atoms with E-state index in [9.17, 15) is 9.59 Å². The number of carbonyl (C=O) groups is 2. The number of hydrogen-bond acceptors (Lipinski definition) is 4. The fourth-order valence-electron chi connectivity index (χ4n) is 2.45. The highest BCUT2D eigenvalue weighted by Gasteiger charge is 2.22. The van der Waals surface area contributed by atoms with E-state index >= 15 is 0 Å². The minimum atomic E-state index is -0.687. The zero-order valence-electron chi connectivity index (χ0n) is 14.4. The van der Waals surface area contributed by atoms with E-state index in [1.165, 1.54) is 0 Å². The van der Waals surface area contributed by atoms with Crippen LogP contribution in [0.2, 0.25) is 0 Å². The van der Waals surface area contributed by atoms with Crippen molar-refractivity contribution in [1.82, 2.24) is 10.6 Å². The maximum absolute atomic E-state index is 12.2. The highest BCUT2D eigenvalue weighted by molar-refractivity contribution is 5.85. The zero-order chi connectivity index (χ0) is 17.9. The van der Waals surface area contributed by atoms with Gasteiger partial charge in [0, 0.05) is 13.0 Å². The van der Waals surface area contributed by atoms with Crippen molar-refractivity contribution < 1.29 is 14.3 Å². The van der Waals surface area contributed by atoms with Crippen LogP contribution in [-0.4, -0.2) is 31.1 Å². The number of nitrogens with one attached hydrogen (secondary N) is 2. The standard InChI is InChI=1S/C20H24N2O3/c1-2-25-20(24)18(13-16-9-5-3-6-10-16)22-19(23)15-21-14-17-11-7-4-8-12-17/h3-12,18,21H,2,13-15H2,1H3,(H,22,23)/t18-/m0/s1. The molecular formula is C20H24N2O3. The summed E-state index contributed by atoms with van der Waals surface area (Å²) < 4.78 is 5.08. The molecule has 0 aliphatic carbocycles. The molecule has 0 heterocycles. The Bertz CT molecular complexity index is 659. The Kier molecular flexibility index (Phi) is 7.66. The van der Waals surface area contributed by atoms with Gasteiger partial charge in [-0.3, -0.25) is 4.79 Å². The second-order valence-electron chi connectivity index (χ2n) is 5.65. The van der Waals surface area contributed by atoms with Crippen molar-refractivity contribution in [3.05, 3.63) is 71.8 Å². The van der Waals surface area contributed by atoms with Gasteiger partial charge in [-0.15, -0.1) is 0 Å². The lowest BCUT2D eigenvalue weighted by Crippen LogP contribution is -2.46. The largest absolute Gasteiger partial charge is 0.464 e. The van der Waals surface area contributed by atoms with Gasteiger partial charge in [-0.25, -0.2) is 4.79 Å². The summed E-state index contributed by atoms with van der Waals surface area (Å²) in [6.45, 7) is 2.77. The first-order valence-corrected chi connectivity index (χ1v) is 8.43. The van der Waals surface area contributed by atoms with E-state index in [4.69, 9.17) is 4.74 Å². The SMILES string of the molecule is CCOC(=O)[C@H](Cc1ccccc1)NC(=O)CNCc1ccccc1. The average molecular weight is 340 g/mol. The van der Waals surface area contributed by atoms with Crippen LogP contribution in [0.4, 0.5) is 0 Å². The molecule has 0 fully saturated rings. The fraction of sp³-hybridized carbons (Fsp3) is 0.300. The summed E-state index contributed by atoms with van der Waals surface area (Å²) in [6.07, 6.45) is 0.407. The number of rotatable bonds is 9. The molecule has 0 aliphatic heterocycles. The minimum absolute atomic E-state index is 0.138. The topological polar surface area (TPSA) is 67.4 Å². The molecule has 0 aromatic heterocycles. The number of amides is 1. The molecule has 0 bridgehead atoms. The molecule has 25 heavy (non-hydrogen) atoms. The Hall–Kier alpha value is -2.66. The van der Waals surface area contributed by atoms with E-state index in [2.05, 4.69) is 10.6 Å². The van der Waals surface area contributed by atoms with Crippen LogP contribution in [0.1, 0.15) is 18.1 Å². The monoisotopic (exact) mass is 340 g/mol. The van der Waals surface area contributed by atoms with E-state index in [1.807, 2.05) is 60.7 Å². The van der Waals surface area contributed by atoms with E-state index in [1.54, 1.807) is 6.92 Å². The molecule has 2 aromatic carbocycles. The molecule has 2 aromatic rings. The quantitative estimate of drug-likeness (QED) is 0.686. The molecule has 132 valence electrons. The molecule has 0 saturated heterocycles. The first-order valence-electron chi connectivity index (χ1n) is 8.43. The first kappa shape index (κ1) is 18.7. The van der Waals surface area contributed by atoms with Crippen LogP contribution in [0, 0.1) is 0 Å². The van der Waals surface area contributed by atoms with Gasteiger partial charge in [0.15, 0.2) is 0 Å². The van der Waals surface area contributed by atoms with Crippen LogP contribution in [0.25, 0.3) is 0 Å². The zero-order valence-corrected chi connectivity index (χ0v) is 14.4. The molecule has 0 radical (unpaired) electrons. The highest BCUT2D eigenvalue weighted by Crippen LogP contribution is 2.05. The van der Waals surface area contributed by atoms with Crippen molar-refractivity contribution in [1.29, 1.82) is 0 Å². The predicted molar refractivity (Wildman–Crippen MR) is 96.9 cm³/mol. The number of esters is 1. The van der Waals surface area contributed by atoms with Gasteiger partial charge in [0.1, 0.15) is 6.04 Å². The van der Waals surface area contributed by atoms with E-state index in [-0.39, 0.29) is 19.1 Å². The molecular weight excluding hydrogens is 316 g/mol. The van der Waals surface area contributed by atoms with E-state index < -0.39 is 12.0 Å². The van der Waals surface area contributed by atoms with Crippen molar-refractivity contribution in [2.24, 2.45) is 0 Å². The van der Waals surface area contributed by atoms with Crippen LogP contribution < -0.4 is 10.6 Å². The summed E-state index contributed by atoms with van der Waals surface area (Å²) in [4.78, 5) is 24.3. The molecule has 0 unspecified atom stereocenters. The predicted octanol–water partition coefficient (Wildman–Crippen LogP) is 2.07. The summed E-state index contributed by atoms with van der Waals surface area (Å²) in [5.41, 5.74) is 2.07. The maximum atomic E-state index is 12.2. The fourth-order valence-corrected chi connectivity index (χ4v) is 2.45. The van der Waals surface area contributed by atoms with Crippen molar-refractivity contribution >= 4 is 11.9 Å². The van der Waals surface area contributed by atoms with Gasteiger partial charge in [0.25, 0.3) is 0 Å². The number of hydrogen-bond donors (Lipinski definition) is 2. The number of benzene rings is 2. The van der Waals surface area contributed by atoms with Crippen molar-refractivity contribution in [2.75, 3.05) is 13.2 Å². The lowest BCUT2D eigenvalue weighted by Gasteiger charge is -2.17. The molecule has 0 spiro atoms. The normalized spacial score (nSPS) is 11.6. The number of carbonyl (C=O) groups excluding carboxylic acids is 2. The van der Waals surface area contributed by atoms with Gasteiger partial charge in [0.05, 0.1) is 13.2 Å². The molecule has 0 saturated carbocycles. The minimum Gasteiger partial charge on any atom is -0.464 e. The van der Waals surface area contributed by atoms with Crippen molar-refractivity contribution in [3.8, 4) is 0 Å². The third-order valence-electron chi connectivity index (χ3n) is 3.65. The van der Waals surface area contributed by atoms with E-state index in [0.717, 1.165) is 11.1 Å². The molecule has 1 atom stereocenters. The van der Waals surface area contributed by atoms with Crippen LogP contribution in [0.15, 0.2) is 60.7 Å². The molecule has 0 aliphatic rings. The summed E-state index contributed by atoms with van der Waals surface area (Å²) in [6, 6.07) is 18.7. The maximum Gasteiger partial charge on any atom is 0.328 e. The van der Waals surface area contributed by atoms with Gasteiger partial charge in [-0.05, 0) is 18.1 Å². The Labute approximate surface area is 148 Å². The summed E-state index contributed by atoms with van der Waals surface area (Å²) in [5.74, 6) is -0.646. The Morgan fingerprint density at radius 2 is 1.56 bits per heavy atom. The second kappa shape index (κ2) is 10.3. The van der Waals surface area contributed by atoms with Gasteiger partial charge in [0.2, 0.25) is 5.91 Å². The van der Waals surface area contributed by atoms with Crippen molar-refractivity contribution in [3.63, 3.8) is 0 Å². The van der Waals surface area contributed by atoms with Crippen LogP contribution in [0.3, 0.4) is 0 Å². The highest BCUT2D eigenvalue weighted by atomic mass is 16.5. The Morgan fingerprint density at radius 3 is 2.16 bits per heavy atom. The van der Waals surface area contributed by atoms with Gasteiger partial charge in [-0.2, -0.15) is 0 Å². The van der Waals surface area contributed by atoms with Crippen LogP contribution >= 0.6 is 0 Å². The average Bonchev–Trinajstić information content (AvgIpc) is 2.63. The van der Waals surface area contributed by atoms with Crippen LogP contribution in [0.5, 0.6) is 0 Å². The molecule has 5 heteroatoms. The van der Waals surface area contributed by atoms with Crippen molar-refractivity contribution in [2.45, 2.75) is 25.9 Å². The molecule has 2 N–H and O–H groups in total. The first-order chi connectivity index (χ1) is 12.2. The Morgan fingerprint density at radius 1 is 0.960 bits per heavy atom. The third kappa shape index (κ3) is 6.77. The van der Waals surface area contributed by atoms with E-state index in [0.29, 0.717) is 13.0 Å². The van der Waals surface area contributed by atoms with Gasteiger partial charge in [-0.1, -0.05) is 60.7 Å². The number of ether oxygens (including phenoxy) is 1. The summed E-state index contributed by atoms with van der Waals surface area (Å²) >= 11 is 0. The smallest absolute Gasteiger partial charge is 0.328 e. The molecule has 2 rings (SSSR count). The molecule has 5 nitrogen and oxygen atoms in total. The van der Waals surface area contributed by atoms with Gasteiger partial charge < -0.3 is 15.4 Å². The van der Waals surface area contributed by atoms with Crippen LogP contribution in [-0.2, 0) is 27.3 Å². The lowest BCUT2D eigenvalue weighted by atomic mass is 10.1. The van der Waals surface area contributed by atoms with Gasteiger partial charge >= 0.3 is 5.97 Å². The third-order valence-corrected chi connectivity index (χ3v) is 3.65. The molecule has 1 amide bonds.